The van der Waals surface area contributed by atoms with Crippen LogP contribution in [0.25, 0.3) is 11.6 Å². The number of pyridine rings is 1. The van der Waals surface area contributed by atoms with E-state index in [1.165, 1.54) is 24.3 Å². The van der Waals surface area contributed by atoms with Gasteiger partial charge in [0.2, 0.25) is 0 Å². The smallest absolute Gasteiger partial charge is 0.256 e. The molecule has 17 heteroatoms. The van der Waals surface area contributed by atoms with E-state index in [-0.39, 0.29) is 36.5 Å². The first-order valence-electron chi connectivity index (χ1n) is 21.3. The van der Waals surface area contributed by atoms with Gasteiger partial charge in [-0.3, -0.25) is 23.9 Å². The fraction of sp³-hybridized carbons (Fsp3) is 0.292. The highest BCUT2D eigenvalue weighted by atomic mass is 19.1. The number of amides is 3. The average molecular weight is 885 g/mol. The number of aromatic amines is 1. The van der Waals surface area contributed by atoms with Crippen molar-refractivity contribution in [2.75, 3.05) is 58.4 Å². The SMILES string of the molecule is Cc1[nH]c(/C=C2\C(=O)Nc3ccc(F)cc32)c(C)c1C(=O)NCCN(C)CCOCCOCc1nn(Cc2ccc(Cn3ccccc3=O)cc2)cc1C(=O)NCC1=CCC(=NN)C=C1. The Kier molecular flexibility index (Phi) is 15.1. The third-order valence-corrected chi connectivity index (χ3v) is 11.1. The number of aryl methyl sites for hydroxylation is 1. The van der Waals surface area contributed by atoms with Gasteiger partial charge in [0.1, 0.15) is 11.5 Å². The number of ether oxygens (including phenoxy) is 2. The fourth-order valence-corrected chi connectivity index (χ4v) is 7.52. The summed E-state index contributed by atoms with van der Waals surface area (Å²) in [6, 6.07) is 17.2. The van der Waals surface area contributed by atoms with E-state index in [2.05, 4.69) is 26.0 Å². The number of H-pyrrole nitrogens is 1. The fourth-order valence-electron chi connectivity index (χ4n) is 7.52. The molecular formula is C48H53FN10O6. The Morgan fingerprint density at radius 3 is 2.51 bits per heavy atom. The number of rotatable bonds is 20. The largest absolute Gasteiger partial charge is 0.378 e. The summed E-state index contributed by atoms with van der Waals surface area (Å²) in [4.78, 5) is 56.8. The van der Waals surface area contributed by atoms with Gasteiger partial charge < -0.3 is 45.7 Å². The number of benzene rings is 2. The van der Waals surface area contributed by atoms with Crippen LogP contribution in [0.3, 0.4) is 0 Å². The van der Waals surface area contributed by atoms with Crippen LogP contribution in [-0.4, -0.2) is 101 Å². The summed E-state index contributed by atoms with van der Waals surface area (Å²) < 4.78 is 29.1. The van der Waals surface area contributed by atoms with Crippen molar-refractivity contribution in [3.63, 3.8) is 0 Å². The molecule has 0 fully saturated rings. The van der Waals surface area contributed by atoms with Gasteiger partial charge in [0.15, 0.2) is 0 Å². The van der Waals surface area contributed by atoms with Crippen LogP contribution < -0.4 is 27.4 Å². The number of anilines is 1. The summed E-state index contributed by atoms with van der Waals surface area (Å²) in [7, 11) is 1.94. The van der Waals surface area contributed by atoms with Gasteiger partial charge in [-0.05, 0) is 79.6 Å². The number of hydrogen-bond donors (Lipinski definition) is 5. The van der Waals surface area contributed by atoms with Gasteiger partial charge in [-0.1, -0.05) is 42.5 Å². The van der Waals surface area contributed by atoms with Gasteiger partial charge in [-0.2, -0.15) is 10.2 Å². The molecule has 0 radical (unpaired) electrons. The molecule has 3 amide bonds. The maximum absolute atomic E-state index is 13.9. The molecular weight excluding hydrogens is 832 g/mol. The van der Waals surface area contributed by atoms with Crippen molar-refractivity contribution in [3.8, 4) is 0 Å². The lowest BCUT2D eigenvalue weighted by Crippen LogP contribution is -2.34. The van der Waals surface area contributed by atoms with E-state index >= 15 is 0 Å². The summed E-state index contributed by atoms with van der Waals surface area (Å²) in [5.74, 6) is 4.11. The zero-order valence-corrected chi connectivity index (χ0v) is 36.7. The van der Waals surface area contributed by atoms with Crippen LogP contribution >= 0.6 is 0 Å². The van der Waals surface area contributed by atoms with Crippen LogP contribution in [0.15, 0.2) is 107 Å². The normalized spacial score (nSPS) is 14.5. The second kappa shape index (κ2) is 21.4. The molecule has 338 valence electrons. The van der Waals surface area contributed by atoms with Crippen molar-refractivity contribution in [2.45, 2.75) is 40.0 Å². The maximum Gasteiger partial charge on any atom is 0.256 e. The molecule has 65 heavy (non-hydrogen) atoms. The zero-order chi connectivity index (χ0) is 45.9. The number of nitrogens with two attached hydrogens (primary N) is 1. The highest BCUT2D eigenvalue weighted by Crippen LogP contribution is 2.34. The molecule has 0 bridgehead atoms. The molecule has 0 unspecified atom stereocenters. The maximum atomic E-state index is 13.9. The van der Waals surface area contributed by atoms with Crippen LogP contribution in [0.1, 0.15) is 66.5 Å². The van der Waals surface area contributed by atoms with E-state index in [0.717, 1.165) is 22.4 Å². The Labute approximate surface area is 375 Å². The van der Waals surface area contributed by atoms with Gasteiger partial charge >= 0.3 is 0 Å². The van der Waals surface area contributed by atoms with E-state index in [9.17, 15) is 23.6 Å². The predicted octanol–water partition coefficient (Wildman–Crippen LogP) is 4.54. The van der Waals surface area contributed by atoms with Crippen molar-refractivity contribution in [3.05, 3.63) is 163 Å². The third kappa shape index (κ3) is 11.9. The molecule has 2 aromatic carbocycles. The summed E-state index contributed by atoms with van der Waals surface area (Å²) in [6.45, 7) is 7.57. The quantitative estimate of drug-likeness (QED) is 0.0322. The highest BCUT2D eigenvalue weighted by molar-refractivity contribution is 6.35. The number of halogens is 1. The van der Waals surface area contributed by atoms with E-state index in [0.29, 0.717) is 109 Å². The topological polar surface area (TPSA) is 203 Å². The second-order valence-electron chi connectivity index (χ2n) is 15.9. The first-order valence-corrected chi connectivity index (χ1v) is 21.3. The summed E-state index contributed by atoms with van der Waals surface area (Å²) in [5.41, 5.74) is 8.29. The van der Waals surface area contributed by atoms with Crippen molar-refractivity contribution in [1.29, 1.82) is 0 Å². The number of nitrogens with one attached hydrogen (secondary N) is 4. The van der Waals surface area contributed by atoms with Crippen LogP contribution in [-0.2, 0) is 34.0 Å². The lowest BCUT2D eigenvalue weighted by molar-refractivity contribution is -0.110. The Bertz CT molecular complexity index is 2730. The minimum atomic E-state index is -0.441. The van der Waals surface area contributed by atoms with Crippen LogP contribution in [0, 0.1) is 19.7 Å². The molecule has 6 N–H and O–H groups in total. The number of fused-ring (bicyclic) bond motifs is 1. The Morgan fingerprint density at radius 1 is 0.969 bits per heavy atom. The molecule has 1 aliphatic heterocycles. The predicted molar refractivity (Wildman–Crippen MR) is 247 cm³/mol. The van der Waals surface area contributed by atoms with Crippen LogP contribution in [0.5, 0.6) is 0 Å². The highest BCUT2D eigenvalue weighted by Gasteiger charge is 2.26. The van der Waals surface area contributed by atoms with Crippen molar-refractivity contribution in [2.24, 2.45) is 10.9 Å². The van der Waals surface area contributed by atoms with E-state index in [4.69, 9.17) is 20.4 Å². The molecule has 0 atom stereocenters. The van der Waals surface area contributed by atoms with Crippen molar-refractivity contribution in [1.82, 2.24) is 34.9 Å². The third-order valence-electron chi connectivity index (χ3n) is 11.1. The number of likely N-dealkylation sites (N-methyl/N-ethyl adjacent to an activating group) is 1. The lowest BCUT2D eigenvalue weighted by Gasteiger charge is -2.17. The monoisotopic (exact) mass is 884 g/mol. The molecule has 1 aliphatic carbocycles. The first-order chi connectivity index (χ1) is 31.4. The van der Waals surface area contributed by atoms with Crippen LogP contribution in [0.4, 0.5) is 10.1 Å². The average Bonchev–Trinajstić information content (AvgIpc) is 3.94. The van der Waals surface area contributed by atoms with Crippen LogP contribution in [0.2, 0.25) is 0 Å². The zero-order valence-electron chi connectivity index (χ0n) is 36.7. The first kappa shape index (κ1) is 45.8. The number of carbonyl (C=O) groups excluding carboxylic acids is 3. The Hall–Kier alpha value is -7.21. The summed E-state index contributed by atoms with van der Waals surface area (Å²) >= 11 is 0. The minimum Gasteiger partial charge on any atom is -0.378 e. The number of hydrogen-bond acceptors (Lipinski definition) is 10. The van der Waals surface area contributed by atoms with E-state index < -0.39 is 5.82 Å². The summed E-state index contributed by atoms with van der Waals surface area (Å²) in [5, 5.41) is 17.2. The molecule has 3 aromatic heterocycles. The molecule has 16 nitrogen and oxygen atoms in total. The van der Waals surface area contributed by atoms with Gasteiger partial charge in [-0.15, -0.1) is 0 Å². The minimum absolute atomic E-state index is 0.0643. The Morgan fingerprint density at radius 2 is 1.75 bits per heavy atom. The van der Waals surface area contributed by atoms with E-state index in [1.54, 1.807) is 40.7 Å². The number of allylic oxidation sites excluding steroid dienone is 2. The van der Waals surface area contributed by atoms with Gasteiger partial charge in [-0.25, -0.2) is 4.39 Å². The molecule has 0 spiro atoms. The number of hydrazone groups is 1. The molecule has 7 rings (SSSR count). The van der Waals surface area contributed by atoms with Crippen molar-refractivity contribution >= 4 is 40.8 Å². The standard InChI is InChI=1S/C48H53FN10O6/c1-31-42(25-39-38-24-36(49)13-16-41(38)54-47(39)62)53-32(2)45(31)48(63)51-17-19-57(3)20-21-64-22-23-65-30-43-40(46(61)52-26-33-11-14-37(55-50)15-12-33)29-59(56-43)28-35-9-7-34(8-10-35)27-58-18-5-4-6-44(58)60/h4-14,16,18,24-25,29,53H,15,17,19-23,26-28,30,50H2,1-3H3,(H,51,63)(H,52,61)(H,54,62)/b39-25-,55-37?. The number of carbonyl (C=O) groups is 3. The molecule has 2 aliphatic rings. The lowest BCUT2D eigenvalue weighted by atomic mass is 10.0. The molecule has 4 heterocycles. The van der Waals surface area contributed by atoms with Crippen molar-refractivity contribution < 1.29 is 28.2 Å². The molecule has 5 aromatic rings. The summed E-state index contributed by atoms with van der Waals surface area (Å²) in [6.07, 6.45) is 11.4. The number of nitrogens with zero attached hydrogens (tertiary/aromatic N) is 5. The van der Waals surface area contributed by atoms with Gasteiger partial charge in [0.25, 0.3) is 23.3 Å². The molecule has 0 saturated carbocycles. The second-order valence-corrected chi connectivity index (χ2v) is 15.9. The van der Waals surface area contributed by atoms with E-state index in [1.807, 2.05) is 67.4 Å². The number of aromatic nitrogens is 4. The van der Waals surface area contributed by atoms with Gasteiger partial charge in [0.05, 0.1) is 61.9 Å². The molecule has 0 saturated heterocycles. The van der Waals surface area contributed by atoms with Gasteiger partial charge in [0, 0.05) is 73.7 Å². The Balaban J connectivity index is 0.856.